The van der Waals surface area contributed by atoms with Crippen LogP contribution < -0.4 is 10.6 Å². The lowest BCUT2D eigenvalue weighted by atomic mass is 10.2. The molecule has 0 aromatic heterocycles. The molecule has 0 heterocycles. The van der Waals surface area contributed by atoms with Crippen molar-refractivity contribution < 1.29 is 14.0 Å². The van der Waals surface area contributed by atoms with Gasteiger partial charge in [0.2, 0.25) is 11.8 Å². The van der Waals surface area contributed by atoms with Crippen LogP contribution >= 0.6 is 0 Å². The molecule has 0 fully saturated rings. The minimum atomic E-state index is -0.440. The number of nitrogens with one attached hydrogen (secondary N) is 2. The highest BCUT2D eigenvalue weighted by Crippen LogP contribution is 2.15. The summed E-state index contributed by atoms with van der Waals surface area (Å²) in [6, 6.07) is 12.9. The van der Waals surface area contributed by atoms with Gasteiger partial charge in [0.25, 0.3) is 0 Å². The second-order valence-corrected chi connectivity index (χ2v) is 5.95. The second kappa shape index (κ2) is 8.28. The van der Waals surface area contributed by atoms with Gasteiger partial charge < -0.3 is 15.5 Å². The average Bonchev–Trinajstić information content (AvgIpc) is 2.55. The van der Waals surface area contributed by atoms with Crippen LogP contribution in [0.2, 0.25) is 0 Å². The number of nitrogens with zero attached hydrogens (tertiary/aromatic N) is 1. The monoisotopic (exact) mass is 343 g/mol. The molecule has 2 amide bonds. The quantitative estimate of drug-likeness (QED) is 0.846. The summed E-state index contributed by atoms with van der Waals surface area (Å²) >= 11 is 0. The Morgan fingerprint density at radius 1 is 1.12 bits per heavy atom. The molecule has 2 N–H and O–H groups in total. The lowest BCUT2D eigenvalue weighted by molar-refractivity contribution is -0.130. The zero-order valence-corrected chi connectivity index (χ0v) is 14.5. The maximum Gasteiger partial charge on any atom is 0.244 e. The molecule has 0 saturated heterocycles. The largest absolute Gasteiger partial charge is 0.374 e. The Hall–Kier alpha value is -2.89. The molecule has 2 aromatic carbocycles. The van der Waals surface area contributed by atoms with Crippen LogP contribution in [-0.4, -0.2) is 29.8 Å². The topological polar surface area (TPSA) is 61.4 Å². The number of hydrogen-bond acceptors (Lipinski definition) is 3. The van der Waals surface area contributed by atoms with Crippen LogP contribution in [0, 0.1) is 5.82 Å². The Morgan fingerprint density at radius 3 is 2.36 bits per heavy atom. The molecule has 0 spiro atoms. The number of rotatable bonds is 6. The molecule has 2 aromatic rings. The summed E-state index contributed by atoms with van der Waals surface area (Å²) in [5.41, 5.74) is 2.21. The number of hydrogen-bond donors (Lipinski definition) is 2. The highest BCUT2D eigenvalue weighted by Gasteiger charge is 2.17. The van der Waals surface area contributed by atoms with E-state index >= 15 is 0 Å². The van der Waals surface area contributed by atoms with E-state index in [-0.39, 0.29) is 17.6 Å². The lowest BCUT2D eigenvalue weighted by Crippen LogP contribution is -2.38. The molecule has 0 saturated carbocycles. The van der Waals surface area contributed by atoms with Gasteiger partial charge in [0.1, 0.15) is 11.9 Å². The van der Waals surface area contributed by atoms with Gasteiger partial charge in [-0.3, -0.25) is 9.59 Å². The second-order valence-electron chi connectivity index (χ2n) is 5.95. The van der Waals surface area contributed by atoms with E-state index < -0.39 is 6.04 Å². The molecule has 132 valence electrons. The summed E-state index contributed by atoms with van der Waals surface area (Å²) in [4.78, 5) is 25.0. The summed E-state index contributed by atoms with van der Waals surface area (Å²) in [5, 5.41) is 5.81. The first-order valence-corrected chi connectivity index (χ1v) is 7.99. The van der Waals surface area contributed by atoms with Crippen LogP contribution in [0.3, 0.4) is 0 Å². The molecule has 0 aliphatic heterocycles. The van der Waals surface area contributed by atoms with Gasteiger partial charge in [-0.15, -0.1) is 0 Å². The van der Waals surface area contributed by atoms with Crippen molar-refractivity contribution in [3.8, 4) is 0 Å². The van der Waals surface area contributed by atoms with Crippen LogP contribution in [0.4, 0.5) is 15.8 Å². The minimum absolute atomic E-state index is 0.102. The molecule has 1 atom stereocenters. The van der Waals surface area contributed by atoms with E-state index in [1.807, 2.05) is 0 Å². The van der Waals surface area contributed by atoms with E-state index in [1.165, 1.54) is 19.1 Å². The number of carbonyl (C=O) groups is 2. The van der Waals surface area contributed by atoms with Gasteiger partial charge in [0, 0.05) is 31.9 Å². The molecule has 5 nitrogen and oxygen atoms in total. The first-order valence-electron chi connectivity index (χ1n) is 7.99. The number of benzene rings is 2. The molecular formula is C19H22FN3O2. The third-order valence-electron chi connectivity index (χ3n) is 3.64. The normalized spacial score (nSPS) is 11.5. The van der Waals surface area contributed by atoms with Gasteiger partial charge in [-0.25, -0.2) is 4.39 Å². The highest BCUT2D eigenvalue weighted by molar-refractivity contribution is 5.89. The predicted octanol–water partition coefficient (Wildman–Crippen LogP) is 3.24. The number of anilines is 2. The predicted molar refractivity (Wildman–Crippen MR) is 96.7 cm³/mol. The fraction of sp³-hybridized carbons (Fsp3) is 0.263. The third kappa shape index (κ3) is 5.60. The van der Waals surface area contributed by atoms with Gasteiger partial charge >= 0.3 is 0 Å². The standard InChI is InChI=1S/C19H22FN3O2/c1-13(21-17-7-9-18(10-8-17)22-14(2)24)19(25)23(3)12-15-5-4-6-16(20)11-15/h4-11,13,21H,12H2,1-3H3,(H,22,24). The maximum absolute atomic E-state index is 13.2. The number of likely N-dealkylation sites (N-methyl/N-ethyl adjacent to an activating group) is 1. The zero-order valence-electron chi connectivity index (χ0n) is 14.5. The SMILES string of the molecule is CC(=O)Nc1ccc(NC(C)C(=O)N(C)Cc2cccc(F)c2)cc1. The van der Waals surface area contributed by atoms with E-state index in [0.29, 0.717) is 12.2 Å². The maximum atomic E-state index is 13.2. The summed E-state index contributed by atoms with van der Waals surface area (Å²) in [5.74, 6) is -0.554. The number of halogens is 1. The Bertz CT molecular complexity index is 747. The van der Waals surface area contributed by atoms with Crippen molar-refractivity contribution in [2.24, 2.45) is 0 Å². The summed E-state index contributed by atoms with van der Waals surface area (Å²) in [7, 11) is 1.69. The van der Waals surface area contributed by atoms with Crippen molar-refractivity contribution in [1.29, 1.82) is 0 Å². The molecule has 2 rings (SSSR count). The van der Waals surface area contributed by atoms with Crippen molar-refractivity contribution in [2.75, 3.05) is 17.7 Å². The van der Waals surface area contributed by atoms with Crippen LogP contribution in [0.15, 0.2) is 48.5 Å². The first kappa shape index (κ1) is 18.4. The van der Waals surface area contributed by atoms with E-state index in [0.717, 1.165) is 11.3 Å². The van der Waals surface area contributed by atoms with E-state index in [1.54, 1.807) is 55.3 Å². The van der Waals surface area contributed by atoms with Crippen molar-refractivity contribution in [1.82, 2.24) is 4.90 Å². The first-order chi connectivity index (χ1) is 11.8. The third-order valence-corrected chi connectivity index (χ3v) is 3.64. The molecule has 0 aliphatic carbocycles. The van der Waals surface area contributed by atoms with Gasteiger partial charge in [0.15, 0.2) is 0 Å². The van der Waals surface area contributed by atoms with Gasteiger partial charge in [-0.05, 0) is 48.9 Å². The Kier molecular flexibility index (Phi) is 6.11. The average molecular weight is 343 g/mol. The summed E-state index contributed by atoms with van der Waals surface area (Å²) in [6.07, 6.45) is 0. The van der Waals surface area contributed by atoms with Crippen molar-refractivity contribution in [3.63, 3.8) is 0 Å². The van der Waals surface area contributed by atoms with Crippen molar-refractivity contribution in [2.45, 2.75) is 26.4 Å². The van der Waals surface area contributed by atoms with Gasteiger partial charge in [0.05, 0.1) is 0 Å². The molecule has 0 aliphatic rings. The molecule has 25 heavy (non-hydrogen) atoms. The van der Waals surface area contributed by atoms with Crippen molar-refractivity contribution in [3.05, 3.63) is 59.9 Å². The fourth-order valence-corrected chi connectivity index (χ4v) is 2.48. The van der Waals surface area contributed by atoms with E-state index in [9.17, 15) is 14.0 Å². The Balaban J connectivity index is 1.93. The number of carbonyl (C=O) groups excluding carboxylic acids is 2. The van der Waals surface area contributed by atoms with Gasteiger partial charge in [-0.1, -0.05) is 12.1 Å². The Labute approximate surface area is 146 Å². The summed E-state index contributed by atoms with van der Waals surface area (Å²) < 4.78 is 13.2. The van der Waals surface area contributed by atoms with Crippen LogP contribution in [-0.2, 0) is 16.1 Å². The number of amides is 2. The smallest absolute Gasteiger partial charge is 0.244 e. The van der Waals surface area contributed by atoms with Crippen LogP contribution in [0.25, 0.3) is 0 Å². The van der Waals surface area contributed by atoms with Crippen LogP contribution in [0.5, 0.6) is 0 Å². The lowest BCUT2D eigenvalue weighted by Gasteiger charge is -2.23. The van der Waals surface area contributed by atoms with Crippen molar-refractivity contribution >= 4 is 23.2 Å². The fourth-order valence-electron chi connectivity index (χ4n) is 2.48. The summed E-state index contributed by atoms with van der Waals surface area (Å²) in [6.45, 7) is 3.55. The van der Waals surface area contributed by atoms with E-state index in [4.69, 9.17) is 0 Å². The molecule has 6 heteroatoms. The Morgan fingerprint density at radius 2 is 1.76 bits per heavy atom. The highest BCUT2D eigenvalue weighted by atomic mass is 19.1. The minimum Gasteiger partial charge on any atom is -0.374 e. The molecule has 1 unspecified atom stereocenters. The molecule has 0 radical (unpaired) electrons. The molecular weight excluding hydrogens is 321 g/mol. The zero-order chi connectivity index (χ0) is 18.4. The van der Waals surface area contributed by atoms with E-state index in [2.05, 4.69) is 10.6 Å². The van der Waals surface area contributed by atoms with Crippen LogP contribution in [0.1, 0.15) is 19.4 Å². The van der Waals surface area contributed by atoms with Gasteiger partial charge in [-0.2, -0.15) is 0 Å². The molecule has 0 bridgehead atoms.